The van der Waals surface area contributed by atoms with Crippen LogP contribution >= 0.6 is 0 Å². The predicted molar refractivity (Wildman–Crippen MR) is 47.3 cm³/mol. The molecule has 70 valence electrons. The number of hydrogen-bond donors (Lipinski definition) is 0. The summed E-state index contributed by atoms with van der Waals surface area (Å²) in [5.74, 6) is -0.181. The van der Waals surface area contributed by atoms with Crippen molar-refractivity contribution in [1.29, 1.82) is 0 Å². The van der Waals surface area contributed by atoms with Gasteiger partial charge in [0.05, 0.1) is 0 Å². The molecule has 1 rings (SSSR count). The molecule has 0 spiro atoms. The van der Waals surface area contributed by atoms with Crippen LogP contribution in [0.1, 0.15) is 6.92 Å². The SMILES string of the molecule is CC1=CCOC1=O.CO[SiH2]OC. The van der Waals surface area contributed by atoms with Crippen molar-refractivity contribution >= 4 is 16.0 Å². The monoisotopic (exact) mass is 190 g/mol. The lowest BCUT2D eigenvalue weighted by Gasteiger charge is -1.86. The molecule has 0 atom stereocenters. The lowest BCUT2D eigenvalue weighted by Crippen LogP contribution is -1.94. The van der Waals surface area contributed by atoms with Crippen molar-refractivity contribution in [2.24, 2.45) is 0 Å². The molecule has 0 unspecified atom stereocenters. The largest absolute Gasteiger partial charge is 0.458 e. The Morgan fingerprint density at radius 1 is 1.50 bits per heavy atom. The third-order valence-electron chi connectivity index (χ3n) is 1.16. The summed E-state index contributed by atoms with van der Waals surface area (Å²) in [4.78, 5) is 10.3. The lowest BCUT2D eigenvalue weighted by atomic mass is 10.3. The summed E-state index contributed by atoms with van der Waals surface area (Å²) >= 11 is 0. The van der Waals surface area contributed by atoms with Gasteiger partial charge in [-0.3, -0.25) is 0 Å². The third-order valence-corrected chi connectivity index (χ3v) is 1.63. The molecular weight excluding hydrogens is 176 g/mol. The fourth-order valence-electron chi connectivity index (χ4n) is 0.557. The summed E-state index contributed by atoms with van der Waals surface area (Å²) in [6.07, 6.45) is 1.77. The first-order chi connectivity index (χ1) is 5.72. The van der Waals surface area contributed by atoms with Crippen LogP contribution in [-0.4, -0.2) is 36.8 Å². The number of carbonyl (C=O) groups excluding carboxylic acids is 1. The molecule has 0 saturated heterocycles. The molecule has 0 aromatic rings. The van der Waals surface area contributed by atoms with E-state index < -0.39 is 10.0 Å². The number of carbonyl (C=O) groups is 1. The first-order valence-corrected chi connectivity index (χ1v) is 4.69. The molecular formula is C7H14O4Si. The zero-order valence-corrected chi connectivity index (χ0v) is 9.04. The zero-order valence-electron chi connectivity index (χ0n) is 7.62. The van der Waals surface area contributed by atoms with E-state index in [1.165, 1.54) is 0 Å². The Labute approximate surface area is 74.6 Å². The van der Waals surface area contributed by atoms with Gasteiger partial charge in [0.15, 0.2) is 0 Å². The van der Waals surface area contributed by atoms with Gasteiger partial charge in [0.1, 0.15) is 6.61 Å². The molecule has 0 aromatic carbocycles. The molecule has 0 radical (unpaired) electrons. The van der Waals surface area contributed by atoms with Gasteiger partial charge in [-0.05, 0) is 13.0 Å². The van der Waals surface area contributed by atoms with Crippen LogP contribution < -0.4 is 0 Å². The molecule has 0 fully saturated rings. The highest BCUT2D eigenvalue weighted by atomic mass is 28.3. The second-order valence-corrected chi connectivity index (χ2v) is 3.57. The van der Waals surface area contributed by atoms with Gasteiger partial charge < -0.3 is 13.6 Å². The van der Waals surface area contributed by atoms with Crippen molar-refractivity contribution in [3.05, 3.63) is 11.6 Å². The minimum absolute atomic E-state index is 0.181. The molecule has 1 aliphatic rings. The third kappa shape index (κ3) is 5.06. The Morgan fingerprint density at radius 2 is 2.08 bits per heavy atom. The minimum Gasteiger partial charge on any atom is -0.458 e. The maximum absolute atomic E-state index is 10.3. The molecule has 0 amide bonds. The van der Waals surface area contributed by atoms with Crippen molar-refractivity contribution in [2.45, 2.75) is 6.92 Å². The highest BCUT2D eigenvalue weighted by molar-refractivity contribution is 6.17. The lowest BCUT2D eigenvalue weighted by molar-refractivity contribution is -0.135. The summed E-state index contributed by atoms with van der Waals surface area (Å²) in [6.45, 7) is 2.21. The van der Waals surface area contributed by atoms with E-state index in [2.05, 4.69) is 13.6 Å². The van der Waals surface area contributed by atoms with Crippen LogP contribution in [-0.2, 0) is 18.4 Å². The predicted octanol–water partition coefficient (Wildman–Crippen LogP) is -0.233. The molecule has 1 heterocycles. The minimum atomic E-state index is -0.568. The summed E-state index contributed by atoms with van der Waals surface area (Å²) in [5, 5.41) is 0. The van der Waals surface area contributed by atoms with Crippen LogP contribution in [0.25, 0.3) is 0 Å². The van der Waals surface area contributed by atoms with E-state index in [0.717, 1.165) is 5.57 Å². The van der Waals surface area contributed by atoms with Crippen molar-refractivity contribution < 1.29 is 18.4 Å². The topological polar surface area (TPSA) is 44.8 Å². The van der Waals surface area contributed by atoms with E-state index in [0.29, 0.717) is 6.61 Å². The Morgan fingerprint density at radius 3 is 2.17 bits per heavy atom. The number of esters is 1. The number of cyclic esters (lactones) is 1. The van der Waals surface area contributed by atoms with Gasteiger partial charge in [-0.2, -0.15) is 0 Å². The Hall–Kier alpha value is -0.653. The second-order valence-electron chi connectivity index (χ2n) is 2.18. The van der Waals surface area contributed by atoms with E-state index in [-0.39, 0.29) is 5.97 Å². The molecule has 0 aromatic heterocycles. The van der Waals surface area contributed by atoms with Crippen LogP contribution in [0, 0.1) is 0 Å². The van der Waals surface area contributed by atoms with Crippen molar-refractivity contribution in [3.8, 4) is 0 Å². The molecule has 4 nitrogen and oxygen atoms in total. The molecule has 0 saturated carbocycles. The van der Waals surface area contributed by atoms with Gasteiger partial charge in [-0.1, -0.05) is 0 Å². The van der Waals surface area contributed by atoms with Gasteiger partial charge in [0.25, 0.3) is 0 Å². The van der Waals surface area contributed by atoms with E-state index in [1.807, 2.05) is 0 Å². The van der Waals surface area contributed by atoms with Crippen molar-refractivity contribution in [3.63, 3.8) is 0 Å². The van der Waals surface area contributed by atoms with Crippen LogP contribution in [0.15, 0.2) is 11.6 Å². The van der Waals surface area contributed by atoms with Gasteiger partial charge in [-0.15, -0.1) is 0 Å². The first kappa shape index (κ1) is 11.3. The molecule has 1 aliphatic heterocycles. The van der Waals surface area contributed by atoms with Crippen LogP contribution in [0.4, 0.5) is 0 Å². The molecule has 0 N–H and O–H groups in total. The molecule has 12 heavy (non-hydrogen) atoms. The quantitative estimate of drug-likeness (QED) is 0.445. The van der Waals surface area contributed by atoms with Gasteiger partial charge in [0, 0.05) is 19.8 Å². The number of rotatable bonds is 2. The van der Waals surface area contributed by atoms with Crippen LogP contribution in [0.2, 0.25) is 0 Å². The summed E-state index contributed by atoms with van der Waals surface area (Å²) < 4.78 is 13.7. The van der Waals surface area contributed by atoms with E-state index >= 15 is 0 Å². The average molecular weight is 190 g/mol. The number of ether oxygens (including phenoxy) is 1. The van der Waals surface area contributed by atoms with Crippen molar-refractivity contribution in [1.82, 2.24) is 0 Å². The van der Waals surface area contributed by atoms with E-state index in [1.54, 1.807) is 27.2 Å². The van der Waals surface area contributed by atoms with Gasteiger partial charge in [-0.25, -0.2) is 4.79 Å². The maximum atomic E-state index is 10.3. The molecule has 0 aliphatic carbocycles. The van der Waals surface area contributed by atoms with Crippen molar-refractivity contribution in [2.75, 3.05) is 20.8 Å². The number of hydrogen-bond acceptors (Lipinski definition) is 4. The summed E-state index contributed by atoms with van der Waals surface area (Å²) in [6, 6.07) is 0. The summed E-state index contributed by atoms with van der Waals surface area (Å²) in [5.41, 5.74) is 0.722. The maximum Gasteiger partial charge on any atom is 0.333 e. The smallest absolute Gasteiger partial charge is 0.333 e. The van der Waals surface area contributed by atoms with Gasteiger partial charge >= 0.3 is 16.0 Å². The molecule has 0 bridgehead atoms. The van der Waals surface area contributed by atoms with E-state index in [9.17, 15) is 4.79 Å². The summed E-state index contributed by atoms with van der Waals surface area (Å²) in [7, 11) is 2.73. The second kappa shape index (κ2) is 7.02. The normalized spacial score (nSPS) is 14.6. The highest BCUT2D eigenvalue weighted by Crippen LogP contribution is 2.02. The Balaban J connectivity index is 0.000000217. The fourth-order valence-corrected chi connectivity index (χ4v) is 0.793. The fraction of sp³-hybridized carbons (Fsp3) is 0.571. The average Bonchev–Trinajstić information content (AvgIpc) is 2.39. The Bertz CT molecular complexity index is 165. The highest BCUT2D eigenvalue weighted by Gasteiger charge is 2.09. The zero-order chi connectivity index (χ0) is 9.40. The van der Waals surface area contributed by atoms with Gasteiger partial charge in [0.2, 0.25) is 0 Å². The van der Waals surface area contributed by atoms with Crippen LogP contribution in [0.3, 0.4) is 0 Å². The van der Waals surface area contributed by atoms with E-state index in [4.69, 9.17) is 0 Å². The standard InChI is InChI=1S/C5H6O2.C2H8O2Si/c1-4-2-3-7-5(4)6;1-3-5-4-2/h2H,3H2,1H3;5H2,1-2H3. The van der Waals surface area contributed by atoms with Crippen LogP contribution in [0.5, 0.6) is 0 Å². The Kier molecular flexibility index (Phi) is 6.64. The first-order valence-electron chi connectivity index (χ1n) is 3.54. The molecule has 5 heteroatoms.